The highest BCUT2D eigenvalue weighted by atomic mass is 19.4. The zero-order valence-electron chi connectivity index (χ0n) is 18.7. The van der Waals surface area contributed by atoms with Crippen LogP contribution in [0.25, 0.3) is 0 Å². The third kappa shape index (κ3) is 8.95. The minimum absolute atomic E-state index is 0.205. The average molecular weight is 471 g/mol. The summed E-state index contributed by atoms with van der Waals surface area (Å²) < 4.78 is 43.1. The van der Waals surface area contributed by atoms with E-state index < -0.39 is 30.1 Å². The summed E-state index contributed by atoms with van der Waals surface area (Å²) in [4.78, 5) is 11.1. The number of ether oxygens (including phenoxy) is 1. The monoisotopic (exact) mass is 470 g/mol. The van der Waals surface area contributed by atoms with Crippen molar-refractivity contribution in [2.45, 2.75) is 69.4 Å². The van der Waals surface area contributed by atoms with Crippen LogP contribution in [0.15, 0.2) is 48.6 Å². The fourth-order valence-electron chi connectivity index (χ4n) is 4.11. The number of hydrogen-bond acceptors (Lipinski definition) is 5. The number of unbranched alkanes of at least 4 members (excludes halogenated alkanes) is 1. The van der Waals surface area contributed by atoms with Gasteiger partial charge in [-0.1, -0.05) is 42.5 Å². The van der Waals surface area contributed by atoms with Crippen molar-refractivity contribution in [3.05, 3.63) is 59.7 Å². The van der Waals surface area contributed by atoms with Crippen LogP contribution in [0.1, 0.15) is 49.7 Å². The molecule has 5 nitrogen and oxygen atoms in total. The van der Waals surface area contributed by atoms with Crippen molar-refractivity contribution in [3.63, 3.8) is 0 Å². The molecule has 0 spiro atoms. The number of aliphatic hydroxyl groups excluding tert-OH is 3. The van der Waals surface area contributed by atoms with Gasteiger partial charge in [0.1, 0.15) is 0 Å². The lowest BCUT2D eigenvalue weighted by Gasteiger charge is -2.19. The van der Waals surface area contributed by atoms with E-state index in [1.54, 1.807) is 18.2 Å². The fourth-order valence-corrected chi connectivity index (χ4v) is 4.11. The number of alkyl halides is 3. The van der Waals surface area contributed by atoms with Gasteiger partial charge in [-0.25, -0.2) is 0 Å². The summed E-state index contributed by atoms with van der Waals surface area (Å²) in [7, 11) is 1.35. The first-order chi connectivity index (χ1) is 15.6. The van der Waals surface area contributed by atoms with Crippen molar-refractivity contribution in [2.24, 2.45) is 11.8 Å². The van der Waals surface area contributed by atoms with Gasteiger partial charge in [0.2, 0.25) is 0 Å². The van der Waals surface area contributed by atoms with Gasteiger partial charge >= 0.3 is 12.1 Å². The standard InChI is InChI=1S/C25H33F3O5/c1-33-24(32)10-5-3-2-4-9-20-21(23(31)16-22(20)30)14-13-19(29)12-11-17-7-6-8-18(15-17)25(26,27)28/h2,4,6-8,13-15,19-23,29-31H,3,5,9-12,16H2,1H3/t19-,20+,21+,22-,23+/m0/s1. The molecule has 0 saturated heterocycles. The zero-order valence-corrected chi connectivity index (χ0v) is 18.7. The summed E-state index contributed by atoms with van der Waals surface area (Å²) in [6.07, 6.45) is 3.46. The Balaban J connectivity index is 1.86. The average Bonchev–Trinajstić information content (AvgIpc) is 3.04. The molecular weight excluding hydrogens is 437 g/mol. The molecule has 0 radical (unpaired) electrons. The highest BCUT2D eigenvalue weighted by Crippen LogP contribution is 2.36. The van der Waals surface area contributed by atoms with Gasteiger partial charge in [0.05, 0.1) is 31.0 Å². The van der Waals surface area contributed by atoms with Crippen molar-refractivity contribution in [3.8, 4) is 0 Å². The molecule has 1 aliphatic carbocycles. The van der Waals surface area contributed by atoms with Gasteiger partial charge in [-0.15, -0.1) is 0 Å². The van der Waals surface area contributed by atoms with Gasteiger partial charge in [0.25, 0.3) is 0 Å². The predicted octanol–water partition coefficient (Wildman–Crippen LogP) is 4.20. The minimum atomic E-state index is -4.40. The molecule has 1 aromatic rings. The van der Waals surface area contributed by atoms with Crippen LogP contribution in [0, 0.1) is 11.8 Å². The lowest BCUT2D eigenvalue weighted by molar-refractivity contribution is -0.140. The van der Waals surface area contributed by atoms with E-state index in [9.17, 15) is 33.3 Å². The summed E-state index contributed by atoms with van der Waals surface area (Å²) >= 11 is 0. The van der Waals surface area contributed by atoms with Crippen LogP contribution in [0.2, 0.25) is 0 Å². The molecule has 33 heavy (non-hydrogen) atoms. The molecule has 1 fully saturated rings. The van der Waals surface area contributed by atoms with Gasteiger partial charge in [-0.2, -0.15) is 13.2 Å². The summed E-state index contributed by atoms with van der Waals surface area (Å²) in [6.45, 7) is 0. The molecule has 184 valence electrons. The fraction of sp³-hybridized carbons (Fsp3) is 0.560. The normalized spacial score (nSPS) is 24.6. The van der Waals surface area contributed by atoms with Crippen LogP contribution < -0.4 is 0 Å². The number of benzene rings is 1. The minimum Gasteiger partial charge on any atom is -0.469 e. The molecule has 0 unspecified atom stereocenters. The van der Waals surface area contributed by atoms with Crippen molar-refractivity contribution < 1.29 is 38.0 Å². The molecule has 0 bridgehead atoms. The van der Waals surface area contributed by atoms with E-state index in [0.717, 1.165) is 12.1 Å². The quantitative estimate of drug-likeness (QED) is 0.256. The Kier molecular flexibility index (Phi) is 10.6. The number of aryl methyl sites for hydroxylation is 1. The van der Waals surface area contributed by atoms with Crippen LogP contribution in [0.4, 0.5) is 13.2 Å². The van der Waals surface area contributed by atoms with Crippen LogP contribution in [-0.4, -0.2) is 46.7 Å². The third-order valence-corrected chi connectivity index (χ3v) is 6.01. The van der Waals surface area contributed by atoms with Crippen LogP contribution in [0.5, 0.6) is 0 Å². The molecule has 3 N–H and O–H groups in total. The maximum Gasteiger partial charge on any atom is 0.416 e. The highest BCUT2D eigenvalue weighted by molar-refractivity contribution is 5.69. The Morgan fingerprint density at radius 3 is 2.70 bits per heavy atom. The van der Waals surface area contributed by atoms with E-state index in [1.807, 2.05) is 12.2 Å². The predicted molar refractivity (Wildman–Crippen MR) is 118 cm³/mol. The molecule has 0 heterocycles. The van der Waals surface area contributed by atoms with E-state index in [1.165, 1.54) is 13.2 Å². The molecule has 0 aliphatic heterocycles. The maximum absolute atomic E-state index is 12.8. The van der Waals surface area contributed by atoms with E-state index >= 15 is 0 Å². The first kappa shape index (κ1) is 27.1. The number of carbonyl (C=O) groups excluding carboxylic acids is 1. The van der Waals surface area contributed by atoms with Gasteiger partial charge in [-0.05, 0) is 49.7 Å². The summed E-state index contributed by atoms with van der Waals surface area (Å²) in [6, 6.07) is 5.04. The Hall–Kier alpha value is -2.16. The summed E-state index contributed by atoms with van der Waals surface area (Å²) in [5, 5.41) is 30.9. The van der Waals surface area contributed by atoms with E-state index in [2.05, 4.69) is 4.74 Å². The molecule has 0 amide bonds. The zero-order chi connectivity index (χ0) is 24.4. The molecule has 8 heteroatoms. The number of halogens is 3. The number of rotatable bonds is 11. The van der Waals surface area contributed by atoms with E-state index in [-0.39, 0.29) is 37.1 Å². The molecule has 1 saturated carbocycles. The molecule has 2 rings (SSSR count). The van der Waals surface area contributed by atoms with Crippen molar-refractivity contribution in [2.75, 3.05) is 7.11 Å². The van der Waals surface area contributed by atoms with E-state index in [4.69, 9.17) is 0 Å². The summed E-state index contributed by atoms with van der Waals surface area (Å²) in [5.41, 5.74) is -0.224. The number of aliphatic hydroxyl groups is 3. The van der Waals surface area contributed by atoms with Crippen molar-refractivity contribution in [1.29, 1.82) is 0 Å². The molecule has 0 aromatic heterocycles. The second-order valence-corrected chi connectivity index (χ2v) is 8.48. The van der Waals surface area contributed by atoms with Crippen LogP contribution >= 0.6 is 0 Å². The van der Waals surface area contributed by atoms with Gasteiger partial charge < -0.3 is 20.1 Å². The smallest absolute Gasteiger partial charge is 0.416 e. The SMILES string of the molecule is COC(=O)CCCC=CC[C@@H]1[C@@H](C=C[C@@H](O)CCc2cccc(C(F)(F)F)c2)[C@H](O)C[C@@H]1O. The number of hydrogen-bond donors (Lipinski definition) is 3. The van der Waals surface area contributed by atoms with E-state index in [0.29, 0.717) is 31.2 Å². The van der Waals surface area contributed by atoms with Crippen LogP contribution in [-0.2, 0) is 22.1 Å². The van der Waals surface area contributed by atoms with Crippen LogP contribution in [0.3, 0.4) is 0 Å². The Labute approximate surface area is 192 Å². The number of esters is 1. The highest BCUT2D eigenvalue weighted by Gasteiger charge is 2.39. The molecule has 1 aliphatic rings. The Bertz CT molecular complexity index is 805. The lowest BCUT2D eigenvalue weighted by atomic mass is 9.89. The van der Waals surface area contributed by atoms with Gasteiger partial charge in [0.15, 0.2) is 0 Å². The third-order valence-electron chi connectivity index (χ3n) is 6.01. The molecular formula is C25H33F3O5. The van der Waals surface area contributed by atoms with Gasteiger partial charge in [-0.3, -0.25) is 4.79 Å². The lowest BCUT2D eigenvalue weighted by Crippen LogP contribution is -2.20. The largest absolute Gasteiger partial charge is 0.469 e. The Morgan fingerprint density at radius 1 is 1.24 bits per heavy atom. The second kappa shape index (κ2) is 12.9. The Morgan fingerprint density at radius 2 is 2.00 bits per heavy atom. The number of carbonyl (C=O) groups is 1. The first-order valence-electron chi connectivity index (χ1n) is 11.2. The number of methoxy groups -OCH3 is 1. The summed E-state index contributed by atoms with van der Waals surface area (Å²) in [5.74, 6) is -0.791. The van der Waals surface area contributed by atoms with Crippen molar-refractivity contribution in [1.82, 2.24) is 0 Å². The topological polar surface area (TPSA) is 87.0 Å². The number of allylic oxidation sites excluding steroid dienone is 2. The maximum atomic E-state index is 12.8. The first-order valence-corrected chi connectivity index (χ1v) is 11.2. The van der Waals surface area contributed by atoms with Crippen molar-refractivity contribution >= 4 is 5.97 Å². The molecule has 5 atom stereocenters. The van der Waals surface area contributed by atoms with Gasteiger partial charge in [0, 0.05) is 18.8 Å². The molecule has 1 aromatic carbocycles. The second-order valence-electron chi connectivity index (χ2n) is 8.48.